The Bertz CT molecular complexity index is 322. The fourth-order valence-corrected chi connectivity index (χ4v) is 3.38. The molecule has 1 heterocycles. The van der Waals surface area contributed by atoms with Crippen LogP contribution in [0.25, 0.3) is 0 Å². The van der Waals surface area contributed by atoms with Crippen LogP contribution in [0.3, 0.4) is 0 Å². The van der Waals surface area contributed by atoms with Crippen molar-refractivity contribution >= 4 is 0 Å². The number of rotatable bonds is 8. The molecule has 0 aliphatic carbocycles. The van der Waals surface area contributed by atoms with Crippen molar-refractivity contribution in [3.63, 3.8) is 0 Å². The summed E-state index contributed by atoms with van der Waals surface area (Å²) >= 11 is 0. The number of hydrogen-bond donors (Lipinski definition) is 1. The first kappa shape index (κ1) is 17.1. The Morgan fingerprint density at radius 3 is 2.50 bits per heavy atom. The van der Waals surface area contributed by atoms with Crippen LogP contribution in [0.2, 0.25) is 0 Å². The van der Waals surface area contributed by atoms with Gasteiger partial charge in [-0.1, -0.05) is 40.9 Å². The van der Waals surface area contributed by atoms with Gasteiger partial charge in [-0.15, -0.1) is 0 Å². The highest BCUT2D eigenvalue weighted by Gasteiger charge is 2.29. The first-order chi connectivity index (χ1) is 9.36. The minimum absolute atomic E-state index is 0.189. The molecule has 0 aromatic carbocycles. The lowest BCUT2D eigenvalue weighted by Gasteiger charge is -2.37. The fourth-order valence-electron chi connectivity index (χ4n) is 3.38. The summed E-state index contributed by atoms with van der Waals surface area (Å²) in [5.74, 6) is 1.17. The van der Waals surface area contributed by atoms with E-state index in [2.05, 4.69) is 50.7 Å². The average Bonchev–Trinajstić information content (AvgIpc) is 2.73. The molecular weight excluding hydrogens is 246 g/mol. The van der Waals surface area contributed by atoms with Crippen LogP contribution in [0.15, 0.2) is 25.1 Å². The molecule has 116 valence electrons. The van der Waals surface area contributed by atoms with Crippen molar-refractivity contribution in [1.29, 1.82) is 0 Å². The van der Waals surface area contributed by atoms with Crippen molar-refractivity contribution < 1.29 is 0 Å². The van der Waals surface area contributed by atoms with Gasteiger partial charge in [-0.3, -0.25) is 4.90 Å². The highest BCUT2D eigenvalue weighted by molar-refractivity contribution is 5.05. The van der Waals surface area contributed by atoms with Gasteiger partial charge in [0.2, 0.25) is 0 Å². The Labute approximate surface area is 125 Å². The molecule has 0 spiro atoms. The van der Waals surface area contributed by atoms with Crippen molar-refractivity contribution in [1.82, 2.24) is 9.80 Å². The van der Waals surface area contributed by atoms with Crippen molar-refractivity contribution in [2.45, 2.75) is 52.6 Å². The van der Waals surface area contributed by atoms with E-state index < -0.39 is 0 Å². The molecule has 0 aromatic heterocycles. The zero-order valence-corrected chi connectivity index (χ0v) is 13.8. The summed E-state index contributed by atoms with van der Waals surface area (Å²) in [6.07, 6.45) is 4.52. The predicted molar refractivity (Wildman–Crippen MR) is 88.3 cm³/mol. The van der Waals surface area contributed by atoms with Gasteiger partial charge < -0.3 is 10.6 Å². The number of likely N-dealkylation sites (tertiary alicyclic amines) is 1. The van der Waals surface area contributed by atoms with Gasteiger partial charge in [0.15, 0.2) is 0 Å². The minimum Gasteiger partial charge on any atom is -0.401 e. The van der Waals surface area contributed by atoms with Gasteiger partial charge in [0.25, 0.3) is 0 Å². The maximum atomic E-state index is 6.01. The second kappa shape index (κ2) is 7.72. The molecule has 0 bridgehead atoms. The predicted octanol–water partition coefficient (Wildman–Crippen LogP) is 3.05. The lowest BCUT2D eigenvalue weighted by Crippen LogP contribution is -2.46. The summed E-state index contributed by atoms with van der Waals surface area (Å²) in [5, 5.41) is 0. The van der Waals surface area contributed by atoms with E-state index >= 15 is 0 Å². The first-order valence-electron chi connectivity index (χ1n) is 7.93. The van der Waals surface area contributed by atoms with E-state index in [1.165, 1.54) is 25.9 Å². The molecule has 20 heavy (non-hydrogen) atoms. The molecule has 0 amide bonds. The molecule has 0 aromatic rings. The monoisotopic (exact) mass is 279 g/mol. The third-order valence-corrected chi connectivity index (χ3v) is 4.12. The topological polar surface area (TPSA) is 32.5 Å². The maximum Gasteiger partial charge on any atom is 0.0698 e. The van der Waals surface area contributed by atoms with E-state index in [9.17, 15) is 0 Å². The van der Waals surface area contributed by atoms with Gasteiger partial charge in [-0.2, -0.15) is 0 Å². The van der Waals surface area contributed by atoms with Gasteiger partial charge >= 0.3 is 0 Å². The Balaban J connectivity index is 2.71. The zero-order valence-electron chi connectivity index (χ0n) is 13.8. The van der Waals surface area contributed by atoms with Crippen molar-refractivity contribution in [3.05, 3.63) is 25.1 Å². The number of nitrogens with zero attached hydrogens (tertiary/aromatic N) is 2. The van der Waals surface area contributed by atoms with Crippen molar-refractivity contribution in [2.75, 3.05) is 19.6 Å². The maximum absolute atomic E-state index is 6.01. The van der Waals surface area contributed by atoms with Gasteiger partial charge in [0, 0.05) is 24.8 Å². The molecule has 2 N–H and O–H groups in total. The first-order valence-corrected chi connectivity index (χ1v) is 7.93. The Morgan fingerprint density at radius 2 is 2.05 bits per heavy atom. The normalized spacial score (nSPS) is 21.4. The molecule has 1 fully saturated rings. The molecule has 0 unspecified atom stereocenters. The highest BCUT2D eigenvalue weighted by Crippen LogP contribution is 2.23. The highest BCUT2D eigenvalue weighted by atomic mass is 15.2. The summed E-state index contributed by atoms with van der Waals surface area (Å²) < 4.78 is 0. The Hall–Kier alpha value is -0.960. The smallest absolute Gasteiger partial charge is 0.0698 e. The average molecular weight is 279 g/mol. The Morgan fingerprint density at radius 1 is 1.40 bits per heavy atom. The quantitative estimate of drug-likeness (QED) is 0.741. The Kier molecular flexibility index (Phi) is 6.60. The SMILES string of the molecule is C=CN(C[C@H]1CCCN1CC(C)C)[C@H](C(=C)N)C(C)C. The van der Waals surface area contributed by atoms with Gasteiger partial charge in [-0.05, 0) is 37.4 Å². The number of hydrogen-bond acceptors (Lipinski definition) is 3. The summed E-state index contributed by atoms with van der Waals surface area (Å²) in [7, 11) is 0. The lowest BCUT2D eigenvalue weighted by molar-refractivity contribution is 0.157. The molecular formula is C17H33N3. The van der Waals surface area contributed by atoms with Crippen LogP contribution in [-0.4, -0.2) is 41.5 Å². The summed E-state index contributed by atoms with van der Waals surface area (Å²) in [4.78, 5) is 4.91. The molecule has 1 rings (SSSR count). The van der Waals surface area contributed by atoms with Crippen LogP contribution < -0.4 is 5.73 Å². The van der Waals surface area contributed by atoms with Crippen LogP contribution in [0.5, 0.6) is 0 Å². The van der Waals surface area contributed by atoms with E-state index in [4.69, 9.17) is 5.73 Å². The van der Waals surface area contributed by atoms with Crippen LogP contribution in [0, 0.1) is 11.8 Å². The van der Waals surface area contributed by atoms with E-state index in [1.54, 1.807) is 0 Å². The molecule has 2 atom stereocenters. The van der Waals surface area contributed by atoms with E-state index in [-0.39, 0.29) is 6.04 Å². The largest absolute Gasteiger partial charge is 0.401 e. The third kappa shape index (κ3) is 4.55. The van der Waals surface area contributed by atoms with Gasteiger partial charge in [0.05, 0.1) is 6.04 Å². The minimum atomic E-state index is 0.189. The van der Waals surface area contributed by atoms with Gasteiger partial charge in [0.1, 0.15) is 0 Å². The second-order valence-electron chi connectivity index (χ2n) is 6.83. The van der Waals surface area contributed by atoms with Crippen LogP contribution >= 0.6 is 0 Å². The molecule has 0 saturated carbocycles. The fraction of sp³-hybridized carbons (Fsp3) is 0.765. The lowest BCUT2D eigenvalue weighted by atomic mass is 9.99. The van der Waals surface area contributed by atoms with Crippen molar-refractivity contribution in [3.8, 4) is 0 Å². The van der Waals surface area contributed by atoms with Crippen LogP contribution in [-0.2, 0) is 0 Å². The van der Waals surface area contributed by atoms with Crippen molar-refractivity contribution in [2.24, 2.45) is 17.6 Å². The molecule has 1 aliphatic rings. The van der Waals surface area contributed by atoms with Gasteiger partial charge in [-0.25, -0.2) is 0 Å². The van der Waals surface area contributed by atoms with E-state index in [1.807, 2.05) is 6.20 Å². The van der Waals surface area contributed by atoms with E-state index in [0.29, 0.717) is 12.0 Å². The number of nitrogens with two attached hydrogens (primary N) is 1. The second-order valence-corrected chi connectivity index (χ2v) is 6.83. The summed E-state index contributed by atoms with van der Waals surface area (Å²) in [6.45, 7) is 20.3. The molecule has 0 radical (unpaired) electrons. The summed E-state index contributed by atoms with van der Waals surface area (Å²) in [6, 6.07) is 0.810. The van der Waals surface area contributed by atoms with Crippen LogP contribution in [0.1, 0.15) is 40.5 Å². The summed E-state index contributed by atoms with van der Waals surface area (Å²) in [5.41, 5.74) is 6.75. The zero-order chi connectivity index (χ0) is 15.3. The molecule has 3 nitrogen and oxygen atoms in total. The molecule has 3 heteroatoms. The van der Waals surface area contributed by atoms with E-state index in [0.717, 1.165) is 18.2 Å². The molecule has 1 aliphatic heterocycles. The van der Waals surface area contributed by atoms with Crippen LogP contribution in [0.4, 0.5) is 0 Å². The third-order valence-electron chi connectivity index (χ3n) is 4.12. The molecule has 1 saturated heterocycles. The standard InChI is InChI=1S/C17H33N3/c1-7-19(17(14(4)5)15(6)18)12-16-9-8-10-20(16)11-13(2)3/h7,13-14,16-17H,1,6,8-12,18H2,2-5H3/t16-,17+/m1/s1.